The Balaban J connectivity index is 1.83. The molecule has 37 heavy (non-hydrogen) atoms. The molecule has 210 valence electrons. The van der Waals surface area contributed by atoms with Gasteiger partial charge >= 0.3 is 11.9 Å². The molecule has 0 unspecified atom stereocenters. The smallest absolute Gasteiger partial charge is 0.328 e. The lowest BCUT2D eigenvalue weighted by atomic mass is 9.92. The number of likely N-dealkylation sites (N-methyl/N-ethyl adjacent to an activating group) is 1. The van der Waals surface area contributed by atoms with Crippen molar-refractivity contribution in [1.29, 1.82) is 0 Å². The summed E-state index contributed by atoms with van der Waals surface area (Å²) in [5.74, 6) is -2.82. The van der Waals surface area contributed by atoms with Gasteiger partial charge in [-0.05, 0) is 84.2 Å². The Morgan fingerprint density at radius 2 is 1.70 bits per heavy atom. The summed E-state index contributed by atoms with van der Waals surface area (Å²) >= 11 is 0. The molecular weight excluding hydrogens is 480 g/mol. The molecule has 1 aliphatic heterocycles. The van der Waals surface area contributed by atoms with E-state index in [1.165, 1.54) is 11.8 Å². The molecule has 0 spiro atoms. The molecule has 0 aromatic carbocycles. The minimum absolute atomic E-state index is 0.148. The first-order valence-corrected chi connectivity index (χ1v) is 13.7. The van der Waals surface area contributed by atoms with Gasteiger partial charge in [-0.3, -0.25) is 19.2 Å². The van der Waals surface area contributed by atoms with Crippen molar-refractivity contribution in [2.75, 3.05) is 26.2 Å². The van der Waals surface area contributed by atoms with E-state index >= 15 is 0 Å². The van der Waals surface area contributed by atoms with Gasteiger partial charge in [0, 0.05) is 13.0 Å². The number of piperidine rings is 1. The molecule has 2 atom stereocenters. The van der Waals surface area contributed by atoms with E-state index in [-0.39, 0.29) is 18.6 Å². The fraction of sp³-hybridized carbons (Fsp3) is 0.808. The van der Waals surface area contributed by atoms with Crippen LogP contribution in [0.4, 0.5) is 0 Å². The molecule has 1 saturated heterocycles. The number of hydrogen-bond acceptors (Lipinski definition) is 7. The van der Waals surface area contributed by atoms with Crippen molar-refractivity contribution in [2.45, 2.75) is 103 Å². The largest absolute Gasteiger partial charge is 0.481 e. The van der Waals surface area contributed by atoms with Gasteiger partial charge in [0.15, 0.2) is 0 Å². The minimum atomic E-state index is -1.39. The molecule has 0 radical (unpaired) electrons. The molecule has 11 heteroatoms. The highest BCUT2D eigenvalue weighted by molar-refractivity contribution is 5.94. The van der Waals surface area contributed by atoms with Gasteiger partial charge in [0.1, 0.15) is 18.2 Å². The zero-order chi connectivity index (χ0) is 27.2. The highest BCUT2D eigenvalue weighted by Gasteiger charge is 2.29. The van der Waals surface area contributed by atoms with E-state index in [2.05, 4.69) is 16.0 Å². The zero-order valence-electron chi connectivity index (χ0n) is 22.3. The fourth-order valence-electron chi connectivity index (χ4n) is 4.87. The van der Waals surface area contributed by atoms with Gasteiger partial charge in [0.2, 0.25) is 17.7 Å². The highest BCUT2D eigenvalue weighted by Crippen LogP contribution is 2.21. The van der Waals surface area contributed by atoms with Gasteiger partial charge in [-0.25, -0.2) is 4.79 Å². The minimum Gasteiger partial charge on any atom is -0.481 e. The number of amides is 3. The van der Waals surface area contributed by atoms with E-state index < -0.39 is 42.3 Å². The summed E-state index contributed by atoms with van der Waals surface area (Å²) in [6, 6.07) is -2.38. The molecule has 3 amide bonds. The maximum atomic E-state index is 12.7. The van der Waals surface area contributed by atoms with Crippen LogP contribution in [0.5, 0.6) is 0 Å². The number of carbonyl (C=O) groups excluding carboxylic acids is 4. The van der Waals surface area contributed by atoms with Gasteiger partial charge in [-0.1, -0.05) is 6.42 Å². The van der Waals surface area contributed by atoms with Gasteiger partial charge in [-0.15, -0.1) is 0 Å². The zero-order valence-corrected chi connectivity index (χ0v) is 22.3. The fourth-order valence-corrected chi connectivity index (χ4v) is 4.87. The SMILES string of the molecule is CCN(CC(=O)N[C@@H](CC(=O)O)C(=O)N[C@@H](C)C(=O)OC1CCCCC1)C(=O)CCCC1CCNCC1. The average Bonchev–Trinajstić information content (AvgIpc) is 2.87. The quantitative estimate of drug-likeness (QED) is 0.248. The van der Waals surface area contributed by atoms with E-state index in [4.69, 9.17) is 4.74 Å². The Morgan fingerprint density at radius 1 is 1.03 bits per heavy atom. The first-order chi connectivity index (χ1) is 17.7. The van der Waals surface area contributed by atoms with Crippen molar-refractivity contribution < 1.29 is 33.8 Å². The van der Waals surface area contributed by atoms with E-state index in [0.29, 0.717) is 18.9 Å². The standard InChI is InChI=1S/C26H44N4O7/c1-3-30(23(32)11-7-8-19-12-14-27-15-13-19)17-22(31)29-21(16-24(33)34)25(35)28-18(2)26(36)37-20-9-5-4-6-10-20/h18-21,27H,3-17H2,1-2H3,(H,28,35)(H,29,31)(H,33,34)/t18-,21-/m0/s1. The average molecular weight is 525 g/mol. The van der Waals surface area contributed by atoms with Gasteiger partial charge < -0.3 is 30.7 Å². The van der Waals surface area contributed by atoms with Crippen LogP contribution in [-0.2, 0) is 28.7 Å². The first-order valence-electron chi connectivity index (χ1n) is 13.7. The van der Waals surface area contributed by atoms with E-state index in [1.807, 2.05) is 0 Å². The molecule has 0 bridgehead atoms. The molecule has 11 nitrogen and oxygen atoms in total. The van der Waals surface area contributed by atoms with Crippen molar-refractivity contribution >= 4 is 29.7 Å². The number of rotatable bonds is 14. The molecule has 1 aliphatic carbocycles. The van der Waals surface area contributed by atoms with E-state index in [0.717, 1.165) is 70.9 Å². The molecule has 2 fully saturated rings. The summed E-state index contributed by atoms with van der Waals surface area (Å²) in [7, 11) is 0. The number of carbonyl (C=O) groups is 5. The third-order valence-corrected chi connectivity index (χ3v) is 7.11. The van der Waals surface area contributed by atoms with Crippen LogP contribution >= 0.6 is 0 Å². The predicted octanol–water partition coefficient (Wildman–Crippen LogP) is 1.34. The van der Waals surface area contributed by atoms with Crippen LogP contribution in [0.2, 0.25) is 0 Å². The lowest BCUT2D eigenvalue weighted by Gasteiger charge is -2.25. The number of ether oxygens (including phenoxy) is 1. The monoisotopic (exact) mass is 524 g/mol. The Labute approximate surface area is 219 Å². The topological polar surface area (TPSA) is 154 Å². The van der Waals surface area contributed by atoms with Crippen molar-refractivity contribution in [2.24, 2.45) is 5.92 Å². The summed E-state index contributed by atoms with van der Waals surface area (Å²) in [5.41, 5.74) is 0. The van der Waals surface area contributed by atoms with Gasteiger partial charge in [0.05, 0.1) is 13.0 Å². The maximum Gasteiger partial charge on any atom is 0.328 e. The van der Waals surface area contributed by atoms with Crippen LogP contribution in [0.15, 0.2) is 0 Å². The summed E-state index contributed by atoms with van der Waals surface area (Å²) in [5, 5.41) is 17.4. The van der Waals surface area contributed by atoms with Crippen LogP contribution in [0.25, 0.3) is 0 Å². The number of hydrogen-bond donors (Lipinski definition) is 4. The van der Waals surface area contributed by atoms with Gasteiger partial charge in [0.25, 0.3) is 0 Å². The normalized spacial score (nSPS) is 18.3. The summed E-state index contributed by atoms with van der Waals surface area (Å²) in [6.45, 7) is 5.28. The highest BCUT2D eigenvalue weighted by atomic mass is 16.5. The van der Waals surface area contributed by atoms with E-state index in [1.54, 1.807) is 6.92 Å². The Morgan fingerprint density at radius 3 is 2.32 bits per heavy atom. The molecule has 0 aromatic heterocycles. The van der Waals surface area contributed by atoms with Crippen LogP contribution in [-0.4, -0.2) is 84.0 Å². The molecule has 1 heterocycles. The first kappa shape index (κ1) is 30.5. The number of carboxylic acid groups (broad SMARTS) is 1. The third-order valence-electron chi connectivity index (χ3n) is 7.11. The van der Waals surface area contributed by atoms with Crippen LogP contribution in [0.1, 0.15) is 84.5 Å². The second kappa shape index (κ2) is 16.2. The van der Waals surface area contributed by atoms with Crippen LogP contribution < -0.4 is 16.0 Å². The Kier molecular flexibility index (Phi) is 13.4. The number of aliphatic carboxylic acids is 1. The number of nitrogens with zero attached hydrogens (tertiary/aromatic N) is 1. The number of esters is 1. The molecule has 0 aromatic rings. The summed E-state index contributed by atoms with van der Waals surface area (Å²) in [4.78, 5) is 63.1. The lowest BCUT2D eigenvalue weighted by Crippen LogP contribution is -2.53. The molecular formula is C26H44N4O7. The van der Waals surface area contributed by atoms with Crippen molar-refractivity contribution in [1.82, 2.24) is 20.9 Å². The Hall–Kier alpha value is -2.69. The summed E-state index contributed by atoms with van der Waals surface area (Å²) in [6.07, 6.45) is 8.10. The maximum absolute atomic E-state index is 12.7. The molecule has 4 N–H and O–H groups in total. The number of nitrogens with one attached hydrogen (secondary N) is 3. The van der Waals surface area contributed by atoms with E-state index in [9.17, 15) is 29.1 Å². The molecule has 1 saturated carbocycles. The second-order valence-corrected chi connectivity index (χ2v) is 10.1. The van der Waals surface area contributed by atoms with Crippen molar-refractivity contribution in [3.8, 4) is 0 Å². The van der Waals surface area contributed by atoms with Crippen molar-refractivity contribution in [3.05, 3.63) is 0 Å². The van der Waals surface area contributed by atoms with Crippen LogP contribution in [0, 0.1) is 5.92 Å². The third kappa shape index (κ3) is 11.5. The molecule has 2 rings (SSSR count). The number of carboxylic acids is 1. The molecule has 2 aliphatic rings. The van der Waals surface area contributed by atoms with Crippen LogP contribution in [0.3, 0.4) is 0 Å². The van der Waals surface area contributed by atoms with Gasteiger partial charge in [-0.2, -0.15) is 0 Å². The second-order valence-electron chi connectivity index (χ2n) is 10.1. The van der Waals surface area contributed by atoms with Crippen molar-refractivity contribution in [3.63, 3.8) is 0 Å². The predicted molar refractivity (Wildman–Crippen MR) is 136 cm³/mol. The summed E-state index contributed by atoms with van der Waals surface area (Å²) < 4.78 is 5.46. The lowest BCUT2D eigenvalue weighted by molar-refractivity contribution is -0.154. The Bertz CT molecular complexity index is 779.